The van der Waals surface area contributed by atoms with Crippen molar-refractivity contribution in [1.82, 2.24) is 10.2 Å². The minimum Gasteiger partial charge on any atom is -0.311 e. The number of piperazine rings is 1. The van der Waals surface area contributed by atoms with Gasteiger partial charge in [-0.15, -0.1) is 0 Å². The molecule has 104 valence electrons. The van der Waals surface area contributed by atoms with Crippen LogP contribution in [0.4, 0.5) is 0 Å². The molecule has 1 aliphatic heterocycles. The van der Waals surface area contributed by atoms with Crippen molar-refractivity contribution in [3.63, 3.8) is 0 Å². The highest BCUT2D eigenvalue weighted by molar-refractivity contribution is 5.30. The predicted molar refractivity (Wildman–Crippen MR) is 80.3 cm³/mol. The molecular formula is C17H26N2. The Balaban J connectivity index is 1.73. The van der Waals surface area contributed by atoms with Crippen molar-refractivity contribution in [3.05, 3.63) is 34.9 Å². The van der Waals surface area contributed by atoms with Crippen LogP contribution in [0.5, 0.6) is 0 Å². The van der Waals surface area contributed by atoms with E-state index in [-0.39, 0.29) is 0 Å². The molecule has 2 heteroatoms. The summed E-state index contributed by atoms with van der Waals surface area (Å²) < 4.78 is 0. The second-order valence-electron chi connectivity index (χ2n) is 6.56. The van der Waals surface area contributed by atoms with Gasteiger partial charge in [-0.2, -0.15) is 0 Å². The highest BCUT2D eigenvalue weighted by Gasteiger charge is 2.37. The Kier molecular flexibility index (Phi) is 3.64. The summed E-state index contributed by atoms with van der Waals surface area (Å²) in [6.07, 6.45) is 2.87. The van der Waals surface area contributed by atoms with E-state index in [1.807, 2.05) is 0 Å². The molecule has 2 atom stereocenters. The van der Waals surface area contributed by atoms with Gasteiger partial charge in [0.1, 0.15) is 0 Å². The molecule has 3 rings (SSSR count). The lowest BCUT2D eigenvalue weighted by molar-refractivity contribution is 0.112. The molecule has 1 saturated carbocycles. The number of hydrogen-bond acceptors (Lipinski definition) is 2. The van der Waals surface area contributed by atoms with E-state index in [0.717, 1.165) is 18.5 Å². The molecule has 0 amide bonds. The number of aryl methyl sites for hydroxylation is 2. The first-order valence-electron chi connectivity index (χ1n) is 7.67. The van der Waals surface area contributed by atoms with Gasteiger partial charge in [0.05, 0.1) is 0 Å². The highest BCUT2D eigenvalue weighted by Crippen LogP contribution is 2.36. The fraction of sp³-hybridized carbons (Fsp3) is 0.647. The van der Waals surface area contributed by atoms with E-state index in [4.69, 9.17) is 0 Å². The zero-order chi connectivity index (χ0) is 13.4. The Morgan fingerprint density at radius 1 is 1.21 bits per heavy atom. The van der Waals surface area contributed by atoms with Crippen LogP contribution in [0.25, 0.3) is 0 Å². The standard InChI is InChI=1S/C17H26N2/c1-12-4-5-15(8-13(12)2)11-19-10-14(3)18-9-17(19)16-6-7-16/h4-5,8,14,16-18H,6-7,9-11H2,1-3H3. The Morgan fingerprint density at radius 2 is 2.00 bits per heavy atom. The highest BCUT2D eigenvalue weighted by atomic mass is 15.2. The van der Waals surface area contributed by atoms with Gasteiger partial charge < -0.3 is 5.32 Å². The van der Waals surface area contributed by atoms with E-state index >= 15 is 0 Å². The van der Waals surface area contributed by atoms with Crippen molar-refractivity contribution < 1.29 is 0 Å². The fourth-order valence-electron chi connectivity index (χ4n) is 3.27. The van der Waals surface area contributed by atoms with Gasteiger partial charge >= 0.3 is 0 Å². The molecule has 1 N–H and O–H groups in total. The Labute approximate surface area is 117 Å². The van der Waals surface area contributed by atoms with Crippen LogP contribution < -0.4 is 5.32 Å². The minimum absolute atomic E-state index is 0.626. The fourth-order valence-corrected chi connectivity index (χ4v) is 3.27. The van der Waals surface area contributed by atoms with Crippen LogP contribution in [0.15, 0.2) is 18.2 Å². The van der Waals surface area contributed by atoms with Gasteiger partial charge in [-0.1, -0.05) is 18.2 Å². The molecule has 0 aromatic heterocycles. The monoisotopic (exact) mass is 258 g/mol. The van der Waals surface area contributed by atoms with Gasteiger partial charge in [-0.3, -0.25) is 4.90 Å². The second kappa shape index (κ2) is 5.26. The topological polar surface area (TPSA) is 15.3 Å². The molecule has 2 unspecified atom stereocenters. The zero-order valence-corrected chi connectivity index (χ0v) is 12.4. The SMILES string of the molecule is Cc1ccc(CN2CC(C)NCC2C2CC2)cc1C. The zero-order valence-electron chi connectivity index (χ0n) is 12.4. The van der Waals surface area contributed by atoms with Crippen LogP contribution in [0.3, 0.4) is 0 Å². The number of benzene rings is 1. The van der Waals surface area contributed by atoms with E-state index < -0.39 is 0 Å². The summed E-state index contributed by atoms with van der Waals surface area (Å²) >= 11 is 0. The summed E-state index contributed by atoms with van der Waals surface area (Å²) in [6, 6.07) is 8.33. The minimum atomic E-state index is 0.626. The quantitative estimate of drug-likeness (QED) is 0.897. The van der Waals surface area contributed by atoms with Gasteiger partial charge in [-0.05, 0) is 56.2 Å². The van der Waals surface area contributed by atoms with Crippen molar-refractivity contribution >= 4 is 0 Å². The third-order valence-corrected chi connectivity index (χ3v) is 4.78. The molecule has 2 fully saturated rings. The molecule has 1 aromatic rings. The van der Waals surface area contributed by atoms with Crippen LogP contribution in [-0.4, -0.2) is 30.1 Å². The van der Waals surface area contributed by atoms with Crippen LogP contribution in [0.1, 0.15) is 36.5 Å². The van der Waals surface area contributed by atoms with Crippen molar-refractivity contribution in [2.75, 3.05) is 13.1 Å². The van der Waals surface area contributed by atoms with Crippen molar-refractivity contribution in [2.24, 2.45) is 5.92 Å². The van der Waals surface area contributed by atoms with E-state index in [2.05, 4.69) is 49.2 Å². The van der Waals surface area contributed by atoms with Gasteiger partial charge in [-0.25, -0.2) is 0 Å². The Morgan fingerprint density at radius 3 is 2.68 bits per heavy atom. The van der Waals surface area contributed by atoms with E-state index in [1.54, 1.807) is 0 Å². The average molecular weight is 258 g/mol. The third kappa shape index (κ3) is 3.01. The lowest BCUT2D eigenvalue weighted by Crippen LogP contribution is -2.55. The molecule has 2 aliphatic rings. The first kappa shape index (κ1) is 13.1. The number of hydrogen-bond donors (Lipinski definition) is 1. The van der Waals surface area contributed by atoms with Crippen molar-refractivity contribution in [2.45, 2.75) is 52.2 Å². The number of nitrogens with zero attached hydrogens (tertiary/aromatic N) is 1. The van der Waals surface area contributed by atoms with Gasteiger partial charge in [0.15, 0.2) is 0 Å². The van der Waals surface area contributed by atoms with Gasteiger partial charge in [0.25, 0.3) is 0 Å². The third-order valence-electron chi connectivity index (χ3n) is 4.78. The molecule has 0 bridgehead atoms. The lowest BCUT2D eigenvalue weighted by atomic mass is 10.0. The summed E-state index contributed by atoms with van der Waals surface area (Å²) in [6.45, 7) is 10.2. The summed E-state index contributed by atoms with van der Waals surface area (Å²) in [7, 11) is 0. The molecule has 0 spiro atoms. The first-order chi connectivity index (χ1) is 9.13. The maximum atomic E-state index is 3.65. The van der Waals surface area contributed by atoms with Crippen LogP contribution in [0, 0.1) is 19.8 Å². The smallest absolute Gasteiger partial charge is 0.0253 e. The molecule has 0 radical (unpaired) electrons. The first-order valence-corrected chi connectivity index (χ1v) is 7.67. The van der Waals surface area contributed by atoms with E-state index in [1.165, 1.54) is 42.6 Å². The Hall–Kier alpha value is -0.860. The largest absolute Gasteiger partial charge is 0.311 e. The normalized spacial score (nSPS) is 28.6. The molecule has 1 heterocycles. The molecule has 1 aromatic carbocycles. The van der Waals surface area contributed by atoms with Gasteiger partial charge in [0, 0.05) is 31.7 Å². The number of nitrogens with one attached hydrogen (secondary N) is 1. The molecular weight excluding hydrogens is 232 g/mol. The second-order valence-corrected chi connectivity index (χ2v) is 6.56. The van der Waals surface area contributed by atoms with Gasteiger partial charge in [0.2, 0.25) is 0 Å². The van der Waals surface area contributed by atoms with Crippen molar-refractivity contribution in [3.8, 4) is 0 Å². The van der Waals surface area contributed by atoms with Crippen LogP contribution >= 0.6 is 0 Å². The summed E-state index contributed by atoms with van der Waals surface area (Å²) in [5.41, 5.74) is 4.29. The maximum absolute atomic E-state index is 3.65. The number of rotatable bonds is 3. The molecule has 1 saturated heterocycles. The summed E-state index contributed by atoms with van der Waals surface area (Å²) in [5, 5.41) is 3.65. The average Bonchev–Trinajstić information content (AvgIpc) is 3.18. The Bertz CT molecular complexity index is 451. The maximum Gasteiger partial charge on any atom is 0.0253 e. The predicted octanol–water partition coefficient (Wildman–Crippen LogP) is 2.88. The van der Waals surface area contributed by atoms with Crippen LogP contribution in [0.2, 0.25) is 0 Å². The molecule has 19 heavy (non-hydrogen) atoms. The van der Waals surface area contributed by atoms with Crippen molar-refractivity contribution in [1.29, 1.82) is 0 Å². The molecule has 2 nitrogen and oxygen atoms in total. The van der Waals surface area contributed by atoms with E-state index in [9.17, 15) is 0 Å². The van der Waals surface area contributed by atoms with E-state index in [0.29, 0.717) is 6.04 Å². The lowest BCUT2D eigenvalue weighted by Gasteiger charge is -2.39. The summed E-state index contributed by atoms with van der Waals surface area (Å²) in [5.74, 6) is 0.951. The summed E-state index contributed by atoms with van der Waals surface area (Å²) in [4.78, 5) is 2.71. The molecule has 1 aliphatic carbocycles. The van der Waals surface area contributed by atoms with Crippen LogP contribution in [-0.2, 0) is 6.54 Å².